The van der Waals surface area contributed by atoms with E-state index in [-0.39, 0.29) is 11.8 Å². The molecule has 0 spiro atoms. The molecule has 0 bridgehead atoms. The number of nitrogens with zero attached hydrogens (tertiary/aromatic N) is 5. The van der Waals surface area contributed by atoms with Crippen LogP contribution in [0.2, 0.25) is 0 Å². The lowest BCUT2D eigenvalue weighted by atomic mass is 10.2. The first-order valence-electron chi connectivity index (χ1n) is 9.43. The number of nitrogens with one attached hydrogen (secondary N) is 1. The molecule has 2 aromatic heterocycles. The number of anilines is 2. The Kier molecular flexibility index (Phi) is 5.99. The van der Waals surface area contributed by atoms with Gasteiger partial charge in [0.1, 0.15) is 11.5 Å². The largest absolute Gasteiger partial charge is 0.353 e. The highest BCUT2D eigenvalue weighted by Crippen LogP contribution is 2.18. The third kappa shape index (κ3) is 4.62. The average Bonchev–Trinajstić information content (AvgIpc) is 2.80. The molecule has 1 N–H and O–H groups in total. The Morgan fingerprint density at radius 2 is 1.67 bits per heavy atom. The predicted octanol–water partition coefficient (Wildman–Crippen LogP) is 2.85. The molecule has 8 nitrogen and oxygen atoms in total. The quantitative estimate of drug-likeness (QED) is 0.635. The molecule has 30 heavy (non-hydrogen) atoms. The number of halogens is 1. The highest BCUT2D eigenvalue weighted by molar-refractivity contribution is 9.10. The zero-order valence-corrected chi connectivity index (χ0v) is 17.6. The number of amides is 2. The van der Waals surface area contributed by atoms with Crippen molar-refractivity contribution in [2.24, 2.45) is 0 Å². The van der Waals surface area contributed by atoms with Crippen molar-refractivity contribution in [1.82, 2.24) is 19.9 Å². The highest BCUT2D eigenvalue weighted by atomic mass is 79.9. The molecule has 1 saturated heterocycles. The van der Waals surface area contributed by atoms with Gasteiger partial charge in [0.2, 0.25) is 0 Å². The summed E-state index contributed by atoms with van der Waals surface area (Å²) in [5.74, 6) is 0.512. The van der Waals surface area contributed by atoms with E-state index >= 15 is 0 Å². The third-order valence-corrected chi connectivity index (χ3v) is 5.31. The van der Waals surface area contributed by atoms with Gasteiger partial charge < -0.3 is 15.1 Å². The van der Waals surface area contributed by atoms with Crippen molar-refractivity contribution < 1.29 is 9.59 Å². The van der Waals surface area contributed by atoms with Gasteiger partial charge in [0.05, 0.1) is 18.1 Å². The summed E-state index contributed by atoms with van der Waals surface area (Å²) in [6.07, 6.45) is 6.19. The Morgan fingerprint density at radius 3 is 2.30 bits per heavy atom. The Bertz CT molecular complexity index is 1020. The summed E-state index contributed by atoms with van der Waals surface area (Å²) in [7, 11) is 0. The van der Waals surface area contributed by atoms with Crippen molar-refractivity contribution in [3.63, 3.8) is 0 Å². The standard InChI is InChI=1S/C21H19BrN6O2/c22-16-3-1-15(2-4-16)20(29)26-17-5-6-19(25-13-17)27-9-11-28(12-10-27)21(30)18-14-23-7-8-24-18/h1-8,13-14H,9-12H2,(H,26,29). The number of carbonyl (C=O) groups is 2. The van der Waals surface area contributed by atoms with E-state index in [1.807, 2.05) is 24.3 Å². The molecule has 1 fully saturated rings. The summed E-state index contributed by atoms with van der Waals surface area (Å²) in [4.78, 5) is 41.2. The SMILES string of the molecule is O=C(Nc1ccc(N2CCN(C(=O)c3cnccn3)CC2)nc1)c1ccc(Br)cc1. The smallest absolute Gasteiger partial charge is 0.274 e. The van der Waals surface area contributed by atoms with E-state index in [1.54, 1.807) is 29.4 Å². The molecule has 9 heteroatoms. The summed E-state index contributed by atoms with van der Waals surface area (Å²) in [5, 5.41) is 2.85. The first-order chi connectivity index (χ1) is 14.6. The maximum Gasteiger partial charge on any atom is 0.274 e. The molecule has 0 saturated carbocycles. The van der Waals surface area contributed by atoms with E-state index in [0.29, 0.717) is 43.1 Å². The first kappa shape index (κ1) is 20.0. The number of benzene rings is 1. The number of aromatic nitrogens is 3. The van der Waals surface area contributed by atoms with Crippen molar-refractivity contribution in [1.29, 1.82) is 0 Å². The van der Waals surface area contributed by atoms with Crippen LogP contribution in [0.25, 0.3) is 0 Å². The van der Waals surface area contributed by atoms with Gasteiger partial charge in [-0.25, -0.2) is 9.97 Å². The Hall–Kier alpha value is -3.33. The summed E-state index contributed by atoms with van der Waals surface area (Å²) in [6.45, 7) is 2.51. The molecule has 152 valence electrons. The predicted molar refractivity (Wildman–Crippen MR) is 116 cm³/mol. The Labute approximate surface area is 182 Å². The van der Waals surface area contributed by atoms with Crippen LogP contribution in [0.3, 0.4) is 0 Å². The van der Waals surface area contributed by atoms with Crippen LogP contribution < -0.4 is 10.2 Å². The number of pyridine rings is 1. The highest BCUT2D eigenvalue weighted by Gasteiger charge is 2.23. The van der Waals surface area contributed by atoms with Gasteiger partial charge in [-0.05, 0) is 36.4 Å². The lowest BCUT2D eigenvalue weighted by Gasteiger charge is -2.35. The topological polar surface area (TPSA) is 91.3 Å². The normalized spacial score (nSPS) is 13.8. The molecule has 1 aliphatic heterocycles. The van der Waals surface area contributed by atoms with Crippen LogP contribution in [0.4, 0.5) is 11.5 Å². The number of hydrogen-bond donors (Lipinski definition) is 1. The van der Waals surface area contributed by atoms with Gasteiger partial charge in [0.15, 0.2) is 0 Å². The molecule has 0 atom stereocenters. The second-order valence-electron chi connectivity index (χ2n) is 6.74. The molecule has 0 radical (unpaired) electrons. The fourth-order valence-electron chi connectivity index (χ4n) is 3.16. The zero-order valence-electron chi connectivity index (χ0n) is 16.0. The Morgan fingerprint density at radius 1 is 0.900 bits per heavy atom. The molecule has 1 aromatic carbocycles. The van der Waals surface area contributed by atoms with Crippen LogP contribution in [-0.4, -0.2) is 57.8 Å². The number of carbonyl (C=O) groups excluding carboxylic acids is 2. The molecule has 3 heterocycles. The molecular formula is C21H19BrN6O2. The number of hydrogen-bond acceptors (Lipinski definition) is 6. The van der Waals surface area contributed by atoms with Crippen molar-refractivity contribution in [2.75, 3.05) is 36.4 Å². The monoisotopic (exact) mass is 466 g/mol. The van der Waals surface area contributed by atoms with Crippen molar-refractivity contribution in [3.05, 3.63) is 76.9 Å². The number of rotatable bonds is 4. The van der Waals surface area contributed by atoms with Crippen LogP contribution in [0.15, 0.2) is 65.7 Å². The van der Waals surface area contributed by atoms with Crippen LogP contribution in [-0.2, 0) is 0 Å². The lowest BCUT2D eigenvalue weighted by molar-refractivity contribution is 0.0740. The molecule has 0 unspecified atom stereocenters. The van der Waals surface area contributed by atoms with E-state index in [4.69, 9.17) is 0 Å². The minimum Gasteiger partial charge on any atom is -0.353 e. The van der Waals surface area contributed by atoms with Crippen molar-refractivity contribution in [3.8, 4) is 0 Å². The third-order valence-electron chi connectivity index (χ3n) is 4.79. The van der Waals surface area contributed by atoms with Gasteiger partial charge >= 0.3 is 0 Å². The minimum absolute atomic E-state index is 0.110. The van der Waals surface area contributed by atoms with E-state index in [9.17, 15) is 9.59 Å². The summed E-state index contributed by atoms with van der Waals surface area (Å²) in [6, 6.07) is 10.9. The second kappa shape index (κ2) is 9.00. The minimum atomic E-state index is -0.187. The maximum atomic E-state index is 12.5. The van der Waals surface area contributed by atoms with E-state index in [0.717, 1.165) is 10.3 Å². The second-order valence-corrected chi connectivity index (χ2v) is 7.65. The summed E-state index contributed by atoms with van der Waals surface area (Å²) >= 11 is 3.36. The molecule has 2 amide bonds. The first-order valence-corrected chi connectivity index (χ1v) is 10.2. The zero-order chi connectivity index (χ0) is 20.9. The molecule has 4 rings (SSSR count). The lowest BCUT2D eigenvalue weighted by Crippen LogP contribution is -2.49. The van der Waals surface area contributed by atoms with Crippen LogP contribution in [0.1, 0.15) is 20.8 Å². The Balaban J connectivity index is 1.33. The summed E-state index contributed by atoms with van der Waals surface area (Å²) in [5.41, 5.74) is 1.56. The van der Waals surface area contributed by atoms with Gasteiger partial charge in [-0.2, -0.15) is 0 Å². The average molecular weight is 467 g/mol. The van der Waals surface area contributed by atoms with E-state index in [1.165, 1.54) is 12.4 Å². The van der Waals surface area contributed by atoms with Gasteiger partial charge in [0, 0.05) is 48.6 Å². The molecule has 3 aromatic rings. The van der Waals surface area contributed by atoms with Crippen LogP contribution in [0, 0.1) is 0 Å². The van der Waals surface area contributed by atoms with Gasteiger partial charge in [0.25, 0.3) is 11.8 Å². The van der Waals surface area contributed by atoms with Crippen LogP contribution >= 0.6 is 15.9 Å². The van der Waals surface area contributed by atoms with Crippen molar-refractivity contribution >= 4 is 39.2 Å². The fourth-order valence-corrected chi connectivity index (χ4v) is 3.43. The fraction of sp³-hybridized carbons (Fsp3) is 0.190. The van der Waals surface area contributed by atoms with Crippen molar-refractivity contribution in [2.45, 2.75) is 0 Å². The van der Waals surface area contributed by atoms with Gasteiger partial charge in [-0.1, -0.05) is 15.9 Å². The summed E-state index contributed by atoms with van der Waals surface area (Å²) < 4.78 is 0.920. The van der Waals surface area contributed by atoms with E-state index < -0.39 is 0 Å². The maximum absolute atomic E-state index is 12.5. The van der Waals surface area contributed by atoms with Crippen LogP contribution in [0.5, 0.6) is 0 Å². The molecular weight excluding hydrogens is 448 g/mol. The molecule has 1 aliphatic rings. The number of piperazine rings is 1. The van der Waals surface area contributed by atoms with Gasteiger partial charge in [-0.3, -0.25) is 14.6 Å². The molecule has 0 aliphatic carbocycles. The van der Waals surface area contributed by atoms with E-state index in [2.05, 4.69) is 41.1 Å². The van der Waals surface area contributed by atoms with Gasteiger partial charge in [-0.15, -0.1) is 0 Å².